The van der Waals surface area contributed by atoms with E-state index in [4.69, 9.17) is 19.9 Å². The molecule has 5 N–H and O–H groups in total. The molecule has 0 radical (unpaired) electrons. The Morgan fingerprint density at radius 3 is 2.23 bits per heavy atom. The van der Waals surface area contributed by atoms with Crippen molar-refractivity contribution in [1.29, 1.82) is 0 Å². The van der Waals surface area contributed by atoms with Crippen LogP contribution in [-0.2, 0) is 30.7 Å². The molecule has 5 heterocycles. The van der Waals surface area contributed by atoms with E-state index >= 15 is 0 Å². The lowest BCUT2D eigenvalue weighted by atomic mass is 10.0. The third-order valence-corrected chi connectivity index (χ3v) is 13.6. The van der Waals surface area contributed by atoms with Crippen molar-refractivity contribution in [2.45, 2.75) is 56.8 Å². The van der Waals surface area contributed by atoms with Crippen LogP contribution in [-0.4, -0.2) is 154 Å². The Morgan fingerprint density at radius 1 is 0.943 bits per heavy atom. The smallest absolute Gasteiger partial charge is 0.407 e. The number of sulfonamides is 1. The zero-order chi connectivity index (χ0) is 50.0. The molecule has 6 aromatic rings. The fourth-order valence-corrected chi connectivity index (χ4v) is 9.71. The Hall–Kier alpha value is -7.20. The summed E-state index contributed by atoms with van der Waals surface area (Å²) in [5, 5.41) is 18.7. The molecule has 2 saturated heterocycles. The SMILES string of the molecule is CC(C)CN(C[C@@H](O)[C@H](Cc1ccccc1)NC(=O)O[C@H]1CCOC1)S(=O)(=O)c1ccc(N)cc1.COc1cnc(-n2cnc(C)n2)c2[nH]cc(C(=O)C(=O)N3CCN(C(=O)c4ccccc4)CC3)c12. The van der Waals surface area contributed by atoms with Gasteiger partial charge in [-0.1, -0.05) is 62.4 Å². The van der Waals surface area contributed by atoms with Crippen LogP contribution in [0.4, 0.5) is 10.5 Å². The summed E-state index contributed by atoms with van der Waals surface area (Å²) in [6, 6.07) is 23.5. The van der Waals surface area contributed by atoms with E-state index in [1.807, 2.05) is 62.4 Å². The maximum atomic E-state index is 13.4. The number of nitrogen functional groups attached to an aromatic ring is 1. The number of nitrogens with zero attached hydrogens (tertiary/aromatic N) is 7. The number of pyridine rings is 1. The first-order valence-electron chi connectivity index (χ1n) is 22.9. The molecule has 2 aliphatic heterocycles. The minimum Gasteiger partial charge on any atom is -0.494 e. The molecule has 3 aromatic heterocycles. The molecule has 20 nitrogen and oxygen atoms in total. The first kappa shape index (κ1) is 50.7. The number of aromatic amines is 1. The van der Waals surface area contributed by atoms with Gasteiger partial charge >= 0.3 is 6.09 Å². The minimum absolute atomic E-state index is 0.0126. The number of amides is 3. The summed E-state index contributed by atoms with van der Waals surface area (Å²) in [4.78, 5) is 66.5. The lowest BCUT2D eigenvalue weighted by Crippen LogP contribution is -2.52. The second-order valence-corrected chi connectivity index (χ2v) is 19.2. The van der Waals surface area contributed by atoms with Gasteiger partial charge in [-0.25, -0.2) is 27.9 Å². The van der Waals surface area contributed by atoms with Gasteiger partial charge in [0.25, 0.3) is 17.6 Å². The number of carbonyl (C=O) groups excluding carboxylic acids is 4. The van der Waals surface area contributed by atoms with Crippen molar-refractivity contribution in [3.05, 3.63) is 126 Å². The lowest BCUT2D eigenvalue weighted by molar-refractivity contribution is -0.127. The first-order chi connectivity index (χ1) is 33.6. The number of fused-ring (bicyclic) bond motifs is 1. The standard InChI is InChI=1S/C25H35N3O6S.C24H23N7O4/c1-18(2)15-28(35(31,32)22-10-8-20(26)9-11-22)16-24(29)23(14-19-6-4-3-5-7-19)27-25(30)34-21-12-13-33-17-21;1-15-27-14-31(28-15)22-20-19(18(35-2)13-26-22)17(12-25-20)21(32)24(34)30-10-8-29(9-11-30)23(33)16-6-4-3-5-7-16/h3-11,18,21,23-24,29H,12-17,26H2,1-2H3,(H,27,30);3-7,12-14,25H,8-11H2,1-2H3/t21-,23-,24+;/m0./s1. The van der Waals surface area contributed by atoms with Crippen molar-refractivity contribution < 1.29 is 46.9 Å². The normalized spacial score (nSPS) is 15.8. The van der Waals surface area contributed by atoms with Crippen molar-refractivity contribution in [2.24, 2.45) is 5.92 Å². The Balaban J connectivity index is 0.000000206. The number of aryl methyl sites for hydroxylation is 1. The summed E-state index contributed by atoms with van der Waals surface area (Å²) in [6.45, 7) is 7.67. The predicted octanol–water partition coefficient (Wildman–Crippen LogP) is 4.03. The van der Waals surface area contributed by atoms with E-state index in [0.29, 0.717) is 78.7 Å². The largest absolute Gasteiger partial charge is 0.494 e. The number of aliphatic hydroxyl groups excluding tert-OH is 1. The van der Waals surface area contributed by atoms with Gasteiger partial charge in [-0.05, 0) is 61.2 Å². The van der Waals surface area contributed by atoms with E-state index < -0.39 is 40.0 Å². The monoisotopic (exact) mass is 978 g/mol. The van der Waals surface area contributed by atoms with E-state index in [0.717, 1.165) is 5.56 Å². The Bertz CT molecular complexity index is 2850. The maximum Gasteiger partial charge on any atom is 0.407 e. The number of ether oxygens (including phenoxy) is 3. The van der Waals surface area contributed by atoms with Gasteiger partial charge in [0.1, 0.15) is 24.0 Å². The molecule has 2 fully saturated rings. The van der Waals surface area contributed by atoms with Crippen LogP contribution >= 0.6 is 0 Å². The van der Waals surface area contributed by atoms with Crippen LogP contribution in [0.1, 0.15) is 52.4 Å². The third kappa shape index (κ3) is 12.3. The molecule has 0 unspecified atom stereocenters. The van der Waals surface area contributed by atoms with Crippen LogP contribution in [0, 0.1) is 12.8 Å². The quantitative estimate of drug-likeness (QED) is 0.0607. The number of nitrogens with one attached hydrogen (secondary N) is 2. The van der Waals surface area contributed by atoms with Crippen molar-refractivity contribution in [3.63, 3.8) is 0 Å². The molecule has 2 aliphatic rings. The van der Waals surface area contributed by atoms with E-state index in [1.54, 1.807) is 24.0 Å². The van der Waals surface area contributed by atoms with Crippen LogP contribution in [0.5, 0.6) is 5.75 Å². The second kappa shape index (κ2) is 22.9. The molecular formula is C49H58N10O10S. The highest BCUT2D eigenvalue weighted by Crippen LogP contribution is 2.32. The van der Waals surface area contributed by atoms with Gasteiger partial charge in [-0.15, -0.1) is 0 Å². The second-order valence-electron chi connectivity index (χ2n) is 17.3. The highest BCUT2D eigenvalue weighted by atomic mass is 32.2. The topological polar surface area (TPSA) is 258 Å². The van der Waals surface area contributed by atoms with E-state index in [2.05, 4.69) is 25.4 Å². The zero-order valence-electron chi connectivity index (χ0n) is 39.4. The fraction of sp³-hybridized carbons (Fsp3) is 0.367. The number of methoxy groups -OCH3 is 1. The van der Waals surface area contributed by atoms with Crippen molar-refractivity contribution in [1.82, 2.24) is 44.2 Å². The van der Waals surface area contributed by atoms with Crippen molar-refractivity contribution in [3.8, 4) is 11.6 Å². The average Bonchev–Trinajstić information content (AvgIpc) is 4.16. The van der Waals surface area contributed by atoms with E-state index in [-0.39, 0.29) is 54.6 Å². The van der Waals surface area contributed by atoms with Crippen LogP contribution in [0.25, 0.3) is 16.7 Å². The van der Waals surface area contributed by atoms with Gasteiger partial charge in [0.15, 0.2) is 5.82 Å². The molecule has 370 valence electrons. The molecule has 3 amide bonds. The zero-order valence-corrected chi connectivity index (χ0v) is 40.2. The summed E-state index contributed by atoms with van der Waals surface area (Å²) >= 11 is 0. The average molecular weight is 979 g/mol. The Morgan fingerprint density at radius 2 is 1.61 bits per heavy atom. The fourth-order valence-electron chi connectivity index (χ4n) is 8.09. The number of hydrogen-bond donors (Lipinski definition) is 4. The highest BCUT2D eigenvalue weighted by Gasteiger charge is 2.34. The number of benzene rings is 3. The number of H-pyrrole nitrogens is 1. The summed E-state index contributed by atoms with van der Waals surface area (Å²) in [5.74, 6) is -0.0117. The lowest BCUT2D eigenvalue weighted by Gasteiger charge is -2.34. The molecule has 70 heavy (non-hydrogen) atoms. The molecule has 3 atom stereocenters. The summed E-state index contributed by atoms with van der Waals surface area (Å²) < 4.78 is 45.6. The van der Waals surface area contributed by atoms with Crippen LogP contribution in [0.3, 0.4) is 0 Å². The predicted molar refractivity (Wildman–Crippen MR) is 259 cm³/mol. The third-order valence-electron chi connectivity index (χ3n) is 11.7. The van der Waals surface area contributed by atoms with Crippen LogP contribution in [0.15, 0.2) is 109 Å². The van der Waals surface area contributed by atoms with Gasteiger partial charge in [-0.2, -0.15) is 9.40 Å². The number of alkyl carbamates (subject to hydrolysis) is 1. The van der Waals surface area contributed by atoms with Crippen molar-refractivity contribution in [2.75, 3.05) is 65.3 Å². The van der Waals surface area contributed by atoms with Gasteiger partial charge in [0.2, 0.25) is 10.0 Å². The number of ketones is 1. The van der Waals surface area contributed by atoms with Gasteiger partial charge < -0.3 is 45.2 Å². The van der Waals surface area contributed by atoms with Gasteiger partial charge in [-0.3, -0.25) is 14.4 Å². The number of Topliss-reactive ketones (excluding diaryl/α,β-unsaturated/α-hetero) is 1. The van der Waals surface area contributed by atoms with Crippen molar-refractivity contribution >= 4 is 50.3 Å². The highest BCUT2D eigenvalue weighted by molar-refractivity contribution is 7.89. The molecule has 0 saturated carbocycles. The number of rotatable bonds is 16. The van der Waals surface area contributed by atoms with Gasteiger partial charge in [0.05, 0.1) is 60.0 Å². The Labute approximate surface area is 405 Å². The molecule has 0 bridgehead atoms. The number of aromatic nitrogens is 5. The molecule has 0 spiro atoms. The number of carbonyl (C=O) groups is 4. The first-order valence-corrected chi connectivity index (χ1v) is 24.3. The number of nitrogens with two attached hydrogens (primary N) is 1. The summed E-state index contributed by atoms with van der Waals surface area (Å²) in [5.41, 5.74) is 8.35. The van der Waals surface area contributed by atoms with Crippen LogP contribution in [0.2, 0.25) is 0 Å². The molecule has 3 aromatic carbocycles. The molecule has 0 aliphatic carbocycles. The van der Waals surface area contributed by atoms with Gasteiger partial charge in [0, 0.05) is 63.1 Å². The number of hydrogen-bond acceptors (Lipinski definition) is 14. The number of aliphatic hydroxyl groups is 1. The summed E-state index contributed by atoms with van der Waals surface area (Å²) in [6.07, 6.45) is 3.20. The summed E-state index contributed by atoms with van der Waals surface area (Å²) in [7, 11) is -2.43. The van der Waals surface area contributed by atoms with E-state index in [9.17, 15) is 32.7 Å². The Kier molecular flexibility index (Phi) is 16.6. The minimum atomic E-state index is -3.90. The number of piperazine rings is 1. The van der Waals surface area contributed by atoms with Crippen LogP contribution < -0.4 is 15.8 Å². The van der Waals surface area contributed by atoms with E-state index in [1.165, 1.54) is 64.0 Å². The molecule has 8 rings (SSSR count). The number of anilines is 1. The molecule has 21 heteroatoms. The molecular weight excluding hydrogens is 921 g/mol. The maximum absolute atomic E-state index is 13.4.